The molecule has 1 aliphatic heterocycles. The molecule has 148 valence electrons. The van der Waals surface area contributed by atoms with E-state index in [1.54, 1.807) is 10.7 Å². The number of sulfonamides is 1. The van der Waals surface area contributed by atoms with Gasteiger partial charge in [-0.1, -0.05) is 11.6 Å². The zero-order valence-corrected chi connectivity index (χ0v) is 16.1. The van der Waals surface area contributed by atoms with Crippen LogP contribution in [0.15, 0.2) is 35.4 Å². The quantitative estimate of drug-likeness (QED) is 0.624. The number of benzene rings is 1. The first-order chi connectivity index (χ1) is 13.1. The van der Waals surface area contributed by atoms with Crippen LogP contribution in [0.3, 0.4) is 0 Å². The van der Waals surface area contributed by atoms with Crippen LogP contribution >= 0.6 is 11.6 Å². The highest BCUT2D eigenvalue weighted by Gasteiger charge is 2.36. The average Bonchev–Trinajstić information content (AvgIpc) is 3.01. The molecule has 1 aromatic carbocycles. The number of hydrogen-bond acceptors (Lipinski definition) is 4. The third kappa shape index (κ3) is 3.15. The molecule has 28 heavy (non-hydrogen) atoms. The lowest BCUT2D eigenvalue weighted by atomic mass is 10.1. The lowest BCUT2D eigenvalue weighted by Crippen LogP contribution is -2.37. The first-order valence-corrected chi connectivity index (χ1v) is 10.1. The summed E-state index contributed by atoms with van der Waals surface area (Å²) in [5.74, 6) is 0. The standard InChI is InChI=1S/C17H14ClF3N4O2S/c1-10-6-16-22-8-11-9-24(5-4-15(11)25(16)23-10)28(26,27)12-2-3-14(18)13(7-12)17(19,20)21/h2-3,6-8H,4-5,9H2,1H3. The molecule has 0 amide bonds. The predicted molar refractivity (Wildman–Crippen MR) is 95.5 cm³/mol. The molecule has 3 heterocycles. The molecule has 6 nitrogen and oxygen atoms in total. The van der Waals surface area contributed by atoms with Crippen molar-refractivity contribution in [3.8, 4) is 0 Å². The van der Waals surface area contributed by atoms with Gasteiger partial charge in [-0.15, -0.1) is 0 Å². The topological polar surface area (TPSA) is 67.6 Å². The van der Waals surface area contributed by atoms with Gasteiger partial charge in [-0.05, 0) is 25.1 Å². The van der Waals surface area contributed by atoms with Gasteiger partial charge in [-0.25, -0.2) is 17.9 Å². The summed E-state index contributed by atoms with van der Waals surface area (Å²) in [6.07, 6.45) is -2.80. The third-order valence-electron chi connectivity index (χ3n) is 4.62. The Balaban J connectivity index is 1.71. The van der Waals surface area contributed by atoms with Crippen molar-refractivity contribution in [1.82, 2.24) is 18.9 Å². The number of fused-ring (bicyclic) bond motifs is 3. The van der Waals surface area contributed by atoms with E-state index in [2.05, 4.69) is 10.1 Å². The number of alkyl halides is 3. The number of hydrogen-bond donors (Lipinski definition) is 0. The first-order valence-electron chi connectivity index (χ1n) is 8.27. The molecule has 0 saturated heterocycles. The summed E-state index contributed by atoms with van der Waals surface area (Å²) in [6, 6.07) is 4.43. The van der Waals surface area contributed by atoms with E-state index in [-0.39, 0.29) is 13.1 Å². The highest BCUT2D eigenvalue weighted by molar-refractivity contribution is 7.89. The second-order valence-electron chi connectivity index (χ2n) is 6.51. The molecule has 0 bridgehead atoms. The normalized spacial score (nSPS) is 15.8. The van der Waals surface area contributed by atoms with E-state index in [0.29, 0.717) is 23.7 Å². The van der Waals surface area contributed by atoms with Gasteiger partial charge in [0.25, 0.3) is 0 Å². The summed E-state index contributed by atoms with van der Waals surface area (Å²) in [7, 11) is -4.14. The molecular formula is C17H14ClF3N4O2S. The van der Waals surface area contributed by atoms with E-state index in [1.165, 1.54) is 0 Å². The first kappa shape index (κ1) is 19.2. The molecule has 0 spiro atoms. The highest BCUT2D eigenvalue weighted by Crippen LogP contribution is 2.37. The smallest absolute Gasteiger partial charge is 0.237 e. The second kappa shape index (κ2) is 6.43. The number of nitrogens with zero attached hydrogens (tertiary/aromatic N) is 4. The Labute approximate surface area is 163 Å². The van der Waals surface area contributed by atoms with Crippen molar-refractivity contribution in [2.45, 2.75) is 31.0 Å². The lowest BCUT2D eigenvalue weighted by molar-refractivity contribution is -0.137. The SMILES string of the molecule is Cc1cc2ncc3c(n2n1)CCN(S(=O)(=O)c1ccc(Cl)c(C(F)(F)F)c1)C3. The van der Waals surface area contributed by atoms with Crippen LogP contribution in [0.1, 0.15) is 22.5 Å². The van der Waals surface area contributed by atoms with Crippen LogP contribution in [0.2, 0.25) is 5.02 Å². The van der Waals surface area contributed by atoms with Gasteiger partial charge in [0.15, 0.2) is 5.65 Å². The molecule has 4 rings (SSSR count). The van der Waals surface area contributed by atoms with Gasteiger partial charge in [0, 0.05) is 37.3 Å². The number of halogens is 4. The van der Waals surface area contributed by atoms with Crippen molar-refractivity contribution in [1.29, 1.82) is 0 Å². The Bertz CT molecular complexity index is 1190. The minimum atomic E-state index is -4.75. The highest BCUT2D eigenvalue weighted by atomic mass is 35.5. The van der Waals surface area contributed by atoms with Crippen LogP contribution in [-0.2, 0) is 29.2 Å². The Kier molecular flexibility index (Phi) is 4.40. The number of aryl methyl sites for hydroxylation is 1. The fourth-order valence-corrected chi connectivity index (χ4v) is 4.94. The van der Waals surface area contributed by atoms with Crippen LogP contribution in [0.5, 0.6) is 0 Å². The van der Waals surface area contributed by atoms with Crippen molar-refractivity contribution in [2.24, 2.45) is 0 Å². The summed E-state index contributed by atoms with van der Waals surface area (Å²) in [4.78, 5) is 3.83. The third-order valence-corrected chi connectivity index (χ3v) is 6.79. The van der Waals surface area contributed by atoms with Gasteiger partial charge in [0.1, 0.15) is 0 Å². The Hall–Kier alpha value is -2.17. The zero-order chi connectivity index (χ0) is 20.3. The monoisotopic (exact) mass is 430 g/mol. The summed E-state index contributed by atoms with van der Waals surface area (Å²) < 4.78 is 68.0. The fourth-order valence-electron chi connectivity index (χ4n) is 3.27. The van der Waals surface area contributed by atoms with Crippen LogP contribution in [0.4, 0.5) is 13.2 Å². The Morgan fingerprint density at radius 3 is 2.68 bits per heavy atom. The van der Waals surface area contributed by atoms with Gasteiger partial charge < -0.3 is 0 Å². The van der Waals surface area contributed by atoms with Gasteiger partial charge in [0.2, 0.25) is 10.0 Å². The fraction of sp³-hybridized carbons (Fsp3) is 0.294. The van der Waals surface area contributed by atoms with Gasteiger partial charge >= 0.3 is 6.18 Å². The molecule has 0 radical (unpaired) electrons. The summed E-state index contributed by atoms with van der Waals surface area (Å²) >= 11 is 5.59. The maximum absolute atomic E-state index is 13.1. The van der Waals surface area contributed by atoms with Crippen LogP contribution in [-0.4, -0.2) is 33.9 Å². The van der Waals surface area contributed by atoms with Crippen molar-refractivity contribution in [3.63, 3.8) is 0 Å². The summed E-state index contributed by atoms with van der Waals surface area (Å²) in [5.41, 5.74) is 1.78. The van der Waals surface area contributed by atoms with Gasteiger partial charge in [-0.3, -0.25) is 0 Å². The van der Waals surface area contributed by atoms with Crippen LogP contribution in [0.25, 0.3) is 5.65 Å². The molecule has 11 heteroatoms. The Morgan fingerprint density at radius 2 is 1.96 bits per heavy atom. The average molecular weight is 431 g/mol. The summed E-state index contributed by atoms with van der Waals surface area (Å²) in [6.45, 7) is 1.96. The molecule has 0 aliphatic carbocycles. The van der Waals surface area contributed by atoms with E-state index in [4.69, 9.17) is 11.6 Å². The number of aromatic nitrogens is 3. The van der Waals surface area contributed by atoms with Crippen molar-refractivity contribution in [2.75, 3.05) is 6.54 Å². The largest absolute Gasteiger partial charge is 0.417 e. The molecule has 0 atom stereocenters. The molecule has 1 aliphatic rings. The number of rotatable bonds is 2. The Morgan fingerprint density at radius 1 is 1.21 bits per heavy atom. The second-order valence-corrected chi connectivity index (χ2v) is 8.86. The molecule has 0 fully saturated rings. The van der Waals surface area contributed by atoms with E-state index in [9.17, 15) is 21.6 Å². The molecule has 3 aromatic rings. The minimum absolute atomic E-state index is 0.00346. The zero-order valence-electron chi connectivity index (χ0n) is 14.5. The van der Waals surface area contributed by atoms with Gasteiger partial charge in [-0.2, -0.15) is 22.6 Å². The lowest BCUT2D eigenvalue weighted by Gasteiger charge is -2.28. The van der Waals surface area contributed by atoms with Crippen molar-refractivity contribution >= 4 is 27.3 Å². The minimum Gasteiger partial charge on any atom is -0.237 e. The molecule has 0 N–H and O–H groups in total. The van der Waals surface area contributed by atoms with E-state index in [1.807, 2.05) is 13.0 Å². The molecule has 0 unspecified atom stereocenters. The molecule has 2 aromatic heterocycles. The van der Waals surface area contributed by atoms with E-state index in [0.717, 1.165) is 27.8 Å². The summed E-state index contributed by atoms with van der Waals surface area (Å²) in [5, 5.41) is 3.82. The molecular weight excluding hydrogens is 417 g/mol. The van der Waals surface area contributed by atoms with E-state index < -0.39 is 31.7 Å². The maximum atomic E-state index is 13.1. The van der Waals surface area contributed by atoms with Crippen molar-refractivity contribution in [3.05, 3.63) is 58.0 Å². The van der Waals surface area contributed by atoms with Gasteiger partial charge in [0.05, 0.1) is 26.9 Å². The maximum Gasteiger partial charge on any atom is 0.417 e. The van der Waals surface area contributed by atoms with Crippen LogP contribution < -0.4 is 0 Å². The van der Waals surface area contributed by atoms with Crippen molar-refractivity contribution < 1.29 is 21.6 Å². The predicted octanol–water partition coefficient (Wildman–Crippen LogP) is 3.46. The van der Waals surface area contributed by atoms with E-state index >= 15 is 0 Å². The molecule has 0 saturated carbocycles. The van der Waals surface area contributed by atoms with Crippen LogP contribution in [0, 0.1) is 6.92 Å².